The lowest BCUT2D eigenvalue weighted by atomic mass is 10.0. The van der Waals surface area contributed by atoms with Crippen molar-refractivity contribution in [2.75, 3.05) is 43.5 Å². The number of nitrogens with zero attached hydrogens (tertiary/aromatic N) is 3. The summed E-state index contributed by atoms with van der Waals surface area (Å²) in [5.74, 6) is -0.722. The van der Waals surface area contributed by atoms with E-state index in [1.165, 1.54) is 18.3 Å². The molecule has 0 spiro atoms. The summed E-state index contributed by atoms with van der Waals surface area (Å²) < 4.78 is 62.1. The Morgan fingerprint density at radius 2 is 1.98 bits per heavy atom. The number of H-pyrrole nitrogens is 1. The van der Waals surface area contributed by atoms with Gasteiger partial charge in [0.05, 0.1) is 29.1 Å². The fourth-order valence-corrected chi connectivity index (χ4v) is 4.61. The maximum Gasteiger partial charge on any atom is 0.417 e. The van der Waals surface area contributed by atoms with Crippen molar-refractivity contribution in [1.29, 1.82) is 0 Å². The van der Waals surface area contributed by atoms with E-state index in [-0.39, 0.29) is 17.3 Å². The Morgan fingerprint density at radius 3 is 2.62 bits per heavy atom. The molecule has 1 aliphatic heterocycles. The van der Waals surface area contributed by atoms with Gasteiger partial charge in [-0.3, -0.25) is 9.59 Å². The zero-order valence-corrected chi connectivity index (χ0v) is 22.0. The number of nitrogens with one attached hydrogen (secondary N) is 2. The molecule has 0 radical (unpaired) electrons. The molecule has 3 aromatic rings. The van der Waals surface area contributed by atoms with Crippen molar-refractivity contribution in [2.24, 2.45) is 5.92 Å². The Morgan fingerprint density at radius 1 is 1.20 bits per heavy atom. The van der Waals surface area contributed by atoms with Crippen LogP contribution in [0.2, 0.25) is 0 Å². The van der Waals surface area contributed by atoms with E-state index in [2.05, 4.69) is 20.2 Å². The van der Waals surface area contributed by atoms with Gasteiger partial charge in [-0.1, -0.05) is 0 Å². The zero-order valence-electron chi connectivity index (χ0n) is 22.0. The number of carbonyl (C=O) groups excluding carboxylic acids is 1. The van der Waals surface area contributed by atoms with Gasteiger partial charge in [0.1, 0.15) is 5.82 Å². The number of likely N-dealkylation sites (N-methyl/N-ethyl adjacent to an activating group) is 1. The van der Waals surface area contributed by atoms with Gasteiger partial charge < -0.3 is 24.8 Å². The summed E-state index contributed by atoms with van der Waals surface area (Å²) in [6.45, 7) is 4.27. The number of hydrogen-bond donors (Lipinski definition) is 2. The molecule has 2 N–H and O–H groups in total. The van der Waals surface area contributed by atoms with Crippen LogP contribution in [-0.4, -0.2) is 60.1 Å². The number of piperazine rings is 1. The standard InChI is InChI=1S/C28H29F4N5O3/c1-16-14-37(8-7-36(16)2)24-11-22(29)19(18-5-6-26(34-12-18)40-15-17-3-4-17)9-23(24)35-27(39)20-13-33-25(38)10-21(20)28(30,31)32/h5-6,9-13,16-17H,3-4,7-8,14-15H2,1-2H3,(H,33,38)(H,35,39). The van der Waals surface area contributed by atoms with E-state index in [0.717, 1.165) is 19.0 Å². The Kier molecular flexibility index (Phi) is 7.54. The van der Waals surface area contributed by atoms with Gasteiger partial charge in [-0.05, 0) is 50.9 Å². The minimum atomic E-state index is -4.93. The number of aromatic nitrogens is 2. The summed E-state index contributed by atoms with van der Waals surface area (Å²) in [4.78, 5) is 35.2. The molecule has 3 heterocycles. The topological polar surface area (TPSA) is 90.6 Å². The summed E-state index contributed by atoms with van der Waals surface area (Å²) in [7, 11) is 1.97. The van der Waals surface area contributed by atoms with Crippen LogP contribution in [-0.2, 0) is 6.18 Å². The number of anilines is 2. The molecule has 2 aromatic heterocycles. The van der Waals surface area contributed by atoms with Crippen LogP contribution in [0.15, 0.2) is 47.5 Å². The molecule has 1 unspecified atom stereocenters. The second-order valence-electron chi connectivity index (χ2n) is 10.3. The number of hydrogen-bond acceptors (Lipinski definition) is 6. The number of aromatic amines is 1. The number of rotatable bonds is 7. The van der Waals surface area contributed by atoms with Crippen LogP contribution in [0, 0.1) is 11.7 Å². The van der Waals surface area contributed by atoms with Gasteiger partial charge in [-0.25, -0.2) is 9.37 Å². The van der Waals surface area contributed by atoms with Crippen molar-refractivity contribution in [3.63, 3.8) is 0 Å². The lowest BCUT2D eigenvalue weighted by molar-refractivity contribution is -0.138. The van der Waals surface area contributed by atoms with Gasteiger partial charge in [-0.15, -0.1) is 0 Å². The average Bonchev–Trinajstić information content (AvgIpc) is 3.74. The SMILES string of the molecule is CC1CN(c2cc(F)c(-c3ccc(OCC4CC4)nc3)cc2NC(=O)c2c[nH]c(=O)cc2C(F)(F)F)CCN1C. The first-order valence-corrected chi connectivity index (χ1v) is 13.0. The van der Waals surface area contributed by atoms with Gasteiger partial charge in [0.15, 0.2) is 0 Å². The second-order valence-corrected chi connectivity index (χ2v) is 10.3. The number of benzene rings is 1. The molecule has 1 amide bonds. The molecule has 2 fully saturated rings. The van der Waals surface area contributed by atoms with Gasteiger partial charge in [0, 0.05) is 61.3 Å². The van der Waals surface area contributed by atoms with E-state index in [1.807, 2.05) is 18.9 Å². The van der Waals surface area contributed by atoms with Crippen molar-refractivity contribution in [3.05, 3.63) is 70.0 Å². The fourth-order valence-electron chi connectivity index (χ4n) is 4.61. The third kappa shape index (κ3) is 6.11. The molecule has 0 bridgehead atoms. The van der Waals surface area contributed by atoms with Crippen LogP contribution < -0.4 is 20.5 Å². The number of amides is 1. The molecular formula is C28H29F4N5O3. The van der Waals surface area contributed by atoms with Crippen LogP contribution in [0.4, 0.5) is 28.9 Å². The first-order valence-electron chi connectivity index (χ1n) is 13.0. The normalized spacial score (nSPS) is 18.1. The fraction of sp³-hybridized carbons (Fsp3) is 0.393. The zero-order chi connectivity index (χ0) is 28.6. The van der Waals surface area contributed by atoms with Gasteiger partial charge in [0.2, 0.25) is 11.4 Å². The van der Waals surface area contributed by atoms with Crippen LogP contribution in [0.5, 0.6) is 5.88 Å². The second kappa shape index (κ2) is 10.9. The van der Waals surface area contributed by atoms with Gasteiger partial charge in [0.25, 0.3) is 5.91 Å². The van der Waals surface area contributed by atoms with E-state index in [0.29, 0.717) is 55.4 Å². The van der Waals surface area contributed by atoms with Crippen molar-refractivity contribution in [1.82, 2.24) is 14.9 Å². The van der Waals surface area contributed by atoms with Crippen LogP contribution in [0.3, 0.4) is 0 Å². The lowest BCUT2D eigenvalue weighted by Crippen LogP contribution is -2.50. The highest BCUT2D eigenvalue weighted by Crippen LogP contribution is 2.37. The molecule has 1 saturated carbocycles. The van der Waals surface area contributed by atoms with Crippen LogP contribution in [0.1, 0.15) is 35.7 Å². The summed E-state index contributed by atoms with van der Waals surface area (Å²) in [6.07, 6.45) is -0.501. The molecular weight excluding hydrogens is 530 g/mol. The molecule has 1 saturated heterocycles. The summed E-state index contributed by atoms with van der Waals surface area (Å²) in [6, 6.07) is 6.39. The van der Waals surface area contributed by atoms with Crippen LogP contribution >= 0.6 is 0 Å². The number of carbonyl (C=O) groups is 1. The Balaban J connectivity index is 1.51. The largest absolute Gasteiger partial charge is 0.477 e. The number of halogens is 4. The molecule has 8 nitrogen and oxygen atoms in total. The highest BCUT2D eigenvalue weighted by molar-refractivity contribution is 6.07. The quantitative estimate of drug-likeness (QED) is 0.405. The van der Waals surface area contributed by atoms with E-state index in [9.17, 15) is 22.8 Å². The van der Waals surface area contributed by atoms with Crippen molar-refractivity contribution < 1.29 is 27.1 Å². The summed E-state index contributed by atoms with van der Waals surface area (Å²) >= 11 is 0. The molecule has 1 aromatic carbocycles. The number of alkyl halides is 3. The van der Waals surface area contributed by atoms with E-state index < -0.39 is 34.6 Å². The third-order valence-electron chi connectivity index (χ3n) is 7.32. The highest BCUT2D eigenvalue weighted by atomic mass is 19.4. The Labute approximate surface area is 228 Å². The molecule has 1 aliphatic carbocycles. The predicted octanol–water partition coefficient (Wildman–Crippen LogP) is 4.78. The summed E-state index contributed by atoms with van der Waals surface area (Å²) in [5, 5.41) is 2.54. The summed E-state index contributed by atoms with van der Waals surface area (Å²) in [5.41, 5.74) is -2.12. The van der Waals surface area contributed by atoms with Gasteiger partial charge >= 0.3 is 6.18 Å². The van der Waals surface area contributed by atoms with Crippen molar-refractivity contribution in [2.45, 2.75) is 32.0 Å². The van der Waals surface area contributed by atoms with E-state index in [1.54, 1.807) is 12.1 Å². The molecule has 1 atom stereocenters. The number of pyridine rings is 2. The van der Waals surface area contributed by atoms with Gasteiger partial charge in [-0.2, -0.15) is 13.2 Å². The van der Waals surface area contributed by atoms with Crippen LogP contribution in [0.25, 0.3) is 11.1 Å². The van der Waals surface area contributed by atoms with Crippen molar-refractivity contribution >= 4 is 17.3 Å². The lowest BCUT2D eigenvalue weighted by Gasteiger charge is -2.39. The first kappa shape index (κ1) is 27.6. The van der Waals surface area contributed by atoms with Crippen molar-refractivity contribution in [3.8, 4) is 17.0 Å². The molecule has 5 rings (SSSR count). The molecule has 212 valence electrons. The monoisotopic (exact) mass is 559 g/mol. The Bertz CT molecular complexity index is 1450. The average molecular weight is 560 g/mol. The maximum absolute atomic E-state index is 15.5. The molecule has 40 heavy (non-hydrogen) atoms. The van der Waals surface area contributed by atoms with E-state index >= 15 is 4.39 Å². The minimum Gasteiger partial charge on any atom is -0.477 e. The number of ether oxygens (including phenoxy) is 1. The molecule has 2 aliphatic rings. The Hall–Kier alpha value is -3.93. The first-order chi connectivity index (χ1) is 19.0. The molecule has 12 heteroatoms. The predicted molar refractivity (Wildman–Crippen MR) is 142 cm³/mol. The highest BCUT2D eigenvalue weighted by Gasteiger charge is 2.36. The maximum atomic E-state index is 15.5. The third-order valence-corrected chi connectivity index (χ3v) is 7.32. The smallest absolute Gasteiger partial charge is 0.417 e. The van der Waals surface area contributed by atoms with E-state index in [4.69, 9.17) is 4.74 Å². The minimum absolute atomic E-state index is 0.111.